The standard InChI is InChI=1S/C5H8O3/c1-4(6)3-5(2)8-7/h3,7H,1-2H3. The van der Waals surface area contributed by atoms with Gasteiger partial charge in [0.15, 0.2) is 5.78 Å². The lowest BCUT2D eigenvalue weighted by Crippen LogP contribution is -1.86. The number of hydrogen-bond acceptors (Lipinski definition) is 3. The number of rotatable bonds is 2. The average molecular weight is 116 g/mol. The molecule has 3 nitrogen and oxygen atoms in total. The second-order valence-electron chi connectivity index (χ2n) is 1.46. The van der Waals surface area contributed by atoms with Gasteiger partial charge in [-0.1, -0.05) is 0 Å². The van der Waals surface area contributed by atoms with Crippen molar-refractivity contribution in [1.82, 2.24) is 0 Å². The highest BCUT2D eigenvalue weighted by atomic mass is 17.1. The Morgan fingerprint density at radius 1 is 1.62 bits per heavy atom. The van der Waals surface area contributed by atoms with E-state index >= 15 is 0 Å². The molecule has 0 atom stereocenters. The molecule has 0 saturated carbocycles. The van der Waals surface area contributed by atoms with Crippen LogP contribution in [0.15, 0.2) is 11.8 Å². The zero-order valence-electron chi connectivity index (χ0n) is 4.84. The van der Waals surface area contributed by atoms with Crippen molar-refractivity contribution in [3.8, 4) is 0 Å². The van der Waals surface area contributed by atoms with E-state index in [0.717, 1.165) is 0 Å². The Hall–Kier alpha value is -0.830. The highest BCUT2D eigenvalue weighted by Crippen LogP contribution is 1.90. The third-order valence-electron chi connectivity index (χ3n) is 0.551. The van der Waals surface area contributed by atoms with Crippen molar-refractivity contribution in [2.24, 2.45) is 0 Å². The summed E-state index contributed by atoms with van der Waals surface area (Å²) in [7, 11) is 0. The van der Waals surface area contributed by atoms with Crippen LogP contribution in [-0.4, -0.2) is 11.0 Å². The maximum absolute atomic E-state index is 10.1. The number of carbonyl (C=O) groups is 1. The maximum atomic E-state index is 10.1. The summed E-state index contributed by atoms with van der Waals surface area (Å²) in [6.45, 7) is 2.86. The fourth-order valence-corrected chi connectivity index (χ4v) is 0.313. The van der Waals surface area contributed by atoms with Gasteiger partial charge in [0.1, 0.15) is 5.76 Å². The third kappa shape index (κ3) is 3.36. The van der Waals surface area contributed by atoms with Crippen molar-refractivity contribution in [2.45, 2.75) is 13.8 Å². The van der Waals surface area contributed by atoms with Crippen LogP contribution in [0, 0.1) is 0 Å². The summed E-state index contributed by atoms with van der Waals surface area (Å²) in [5, 5.41) is 7.86. The van der Waals surface area contributed by atoms with Crippen molar-refractivity contribution >= 4 is 5.78 Å². The molecule has 0 spiro atoms. The van der Waals surface area contributed by atoms with Crippen LogP contribution in [0.2, 0.25) is 0 Å². The Labute approximate surface area is 47.5 Å². The molecule has 1 N–H and O–H groups in total. The SMILES string of the molecule is CC(=O)C=C(C)OO. The van der Waals surface area contributed by atoms with E-state index in [-0.39, 0.29) is 11.5 Å². The molecule has 0 radical (unpaired) electrons. The summed E-state index contributed by atoms with van der Waals surface area (Å²) >= 11 is 0. The molecule has 0 aliphatic heterocycles. The van der Waals surface area contributed by atoms with Gasteiger partial charge >= 0.3 is 0 Å². The van der Waals surface area contributed by atoms with Gasteiger partial charge in [-0.2, -0.15) is 0 Å². The zero-order valence-corrected chi connectivity index (χ0v) is 4.84. The summed E-state index contributed by atoms with van der Waals surface area (Å²) < 4.78 is 0. The first-order chi connectivity index (χ1) is 3.66. The van der Waals surface area contributed by atoms with Crippen molar-refractivity contribution in [2.75, 3.05) is 0 Å². The third-order valence-corrected chi connectivity index (χ3v) is 0.551. The van der Waals surface area contributed by atoms with Crippen molar-refractivity contribution in [1.29, 1.82) is 0 Å². The van der Waals surface area contributed by atoms with E-state index in [2.05, 4.69) is 4.89 Å². The van der Waals surface area contributed by atoms with E-state index in [0.29, 0.717) is 0 Å². The van der Waals surface area contributed by atoms with E-state index in [9.17, 15) is 4.79 Å². The normalized spacial score (nSPS) is 11.1. The lowest BCUT2D eigenvalue weighted by atomic mass is 10.4. The molecule has 0 rings (SSSR count). The predicted octanol–water partition coefficient (Wildman–Crippen LogP) is 0.969. The smallest absolute Gasteiger partial charge is 0.156 e. The fraction of sp³-hybridized carbons (Fsp3) is 0.400. The van der Waals surface area contributed by atoms with Crippen LogP contribution in [0.3, 0.4) is 0 Å². The highest BCUT2D eigenvalue weighted by Gasteiger charge is 1.88. The molecule has 0 aromatic heterocycles. The Bertz CT molecular complexity index is 115. The van der Waals surface area contributed by atoms with Gasteiger partial charge in [-0.05, 0) is 13.8 Å². The second-order valence-corrected chi connectivity index (χ2v) is 1.46. The van der Waals surface area contributed by atoms with Crippen LogP contribution < -0.4 is 0 Å². The van der Waals surface area contributed by atoms with Crippen LogP contribution in [0.25, 0.3) is 0 Å². The summed E-state index contributed by atoms with van der Waals surface area (Å²) in [5.41, 5.74) is 0. The Balaban J connectivity index is 3.75. The first kappa shape index (κ1) is 7.17. The van der Waals surface area contributed by atoms with Crippen LogP contribution in [0.4, 0.5) is 0 Å². The minimum atomic E-state index is -0.142. The average Bonchev–Trinajstić information content (AvgIpc) is 1.65. The number of allylic oxidation sites excluding steroid dienone is 2. The van der Waals surface area contributed by atoms with Crippen molar-refractivity contribution in [3.05, 3.63) is 11.8 Å². The summed E-state index contributed by atoms with van der Waals surface area (Å²) in [4.78, 5) is 13.8. The van der Waals surface area contributed by atoms with Crippen LogP contribution in [0.1, 0.15) is 13.8 Å². The molecule has 0 aliphatic rings. The first-order valence-corrected chi connectivity index (χ1v) is 2.17. The second kappa shape index (κ2) is 3.21. The van der Waals surface area contributed by atoms with Gasteiger partial charge in [-0.3, -0.25) is 4.79 Å². The quantitative estimate of drug-likeness (QED) is 0.253. The summed E-state index contributed by atoms with van der Waals surface area (Å²) in [5.74, 6) is 0.0639. The van der Waals surface area contributed by atoms with Crippen LogP contribution >= 0.6 is 0 Å². The monoisotopic (exact) mass is 116 g/mol. The lowest BCUT2D eigenvalue weighted by molar-refractivity contribution is -0.202. The number of ketones is 1. The molecule has 0 fully saturated rings. The van der Waals surface area contributed by atoms with E-state index in [1.165, 1.54) is 19.9 Å². The van der Waals surface area contributed by atoms with Gasteiger partial charge in [0.05, 0.1) is 0 Å². The number of carbonyl (C=O) groups excluding carboxylic acids is 1. The molecule has 0 aromatic rings. The molecule has 0 bridgehead atoms. The molecule has 0 amide bonds. The van der Waals surface area contributed by atoms with Gasteiger partial charge in [0.2, 0.25) is 0 Å². The molecule has 46 valence electrons. The summed E-state index contributed by atoms with van der Waals surface area (Å²) in [6.07, 6.45) is 1.19. The van der Waals surface area contributed by atoms with Gasteiger partial charge in [0, 0.05) is 6.08 Å². The molecule has 8 heavy (non-hydrogen) atoms. The largest absolute Gasteiger partial charge is 0.345 e. The molecule has 0 aliphatic carbocycles. The van der Waals surface area contributed by atoms with Gasteiger partial charge in [0.25, 0.3) is 0 Å². The van der Waals surface area contributed by atoms with Crippen LogP contribution in [0.5, 0.6) is 0 Å². The Morgan fingerprint density at radius 3 is 2.25 bits per heavy atom. The number of hydrogen-bond donors (Lipinski definition) is 1. The molecule has 0 saturated heterocycles. The molecule has 3 heteroatoms. The van der Waals surface area contributed by atoms with E-state index < -0.39 is 0 Å². The predicted molar refractivity (Wildman–Crippen MR) is 28.2 cm³/mol. The summed E-state index contributed by atoms with van der Waals surface area (Å²) in [6, 6.07) is 0. The maximum Gasteiger partial charge on any atom is 0.156 e. The van der Waals surface area contributed by atoms with E-state index in [1.807, 2.05) is 0 Å². The fourth-order valence-electron chi connectivity index (χ4n) is 0.313. The minimum Gasteiger partial charge on any atom is -0.345 e. The minimum absolute atomic E-state index is 0.142. The van der Waals surface area contributed by atoms with E-state index in [4.69, 9.17) is 5.26 Å². The van der Waals surface area contributed by atoms with Crippen molar-refractivity contribution in [3.63, 3.8) is 0 Å². The molecule has 0 unspecified atom stereocenters. The van der Waals surface area contributed by atoms with Gasteiger partial charge < -0.3 is 4.89 Å². The van der Waals surface area contributed by atoms with Gasteiger partial charge in [-0.15, -0.1) is 0 Å². The Morgan fingerprint density at radius 2 is 2.12 bits per heavy atom. The highest BCUT2D eigenvalue weighted by molar-refractivity contribution is 5.87. The Kier molecular flexibility index (Phi) is 2.88. The molecular weight excluding hydrogens is 108 g/mol. The first-order valence-electron chi connectivity index (χ1n) is 2.17. The zero-order chi connectivity index (χ0) is 6.57. The molecule has 0 heterocycles. The molecule has 0 aromatic carbocycles. The van der Waals surface area contributed by atoms with Gasteiger partial charge in [-0.25, -0.2) is 5.26 Å². The van der Waals surface area contributed by atoms with Crippen LogP contribution in [-0.2, 0) is 9.68 Å². The van der Waals surface area contributed by atoms with Crippen molar-refractivity contribution < 1.29 is 14.9 Å². The topological polar surface area (TPSA) is 46.5 Å². The lowest BCUT2D eigenvalue weighted by Gasteiger charge is -1.89. The van der Waals surface area contributed by atoms with E-state index in [1.54, 1.807) is 0 Å². The molecular formula is C5H8O3.